The standard InChI is InChI=1S/C15H11F2NO/c16-12-3-1-2-11(14(12)17)15(19)10-5-4-9-6-7-18-13(9)8-10/h1-5,8,18H,6-7H2. The van der Waals surface area contributed by atoms with E-state index in [4.69, 9.17) is 0 Å². The Morgan fingerprint density at radius 3 is 2.84 bits per heavy atom. The molecule has 3 rings (SSSR count). The van der Waals surface area contributed by atoms with Gasteiger partial charge >= 0.3 is 0 Å². The van der Waals surface area contributed by atoms with Gasteiger partial charge in [-0.2, -0.15) is 0 Å². The van der Waals surface area contributed by atoms with Crippen LogP contribution in [0.25, 0.3) is 0 Å². The lowest BCUT2D eigenvalue weighted by Crippen LogP contribution is -2.06. The van der Waals surface area contributed by atoms with E-state index in [2.05, 4.69) is 5.32 Å². The van der Waals surface area contributed by atoms with Gasteiger partial charge in [0.2, 0.25) is 0 Å². The van der Waals surface area contributed by atoms with E-state index in [1.54, 1.807) is 12.1 Å². The Labute approximate surface area is 109 Å². The van der Waals surface area contributed by atoms with Crippen LogP contribution < -0.4 is 5.32 Å². The van der Waals surface area contributed by atoms with Crippen molar-refractivity contribution >= 4 is 11.5 Å². The van der Waals surface area contributed by atoms with Gasteiger partial charge in [0.25, 0.3) is 0 Å². The number of nitrogens with one attached hydrogen (secondary N) is 1. The van der Waals surface area contributed by atoms with Gasteiger partial charge in [-0.05, 0) is 30.2 Å². The first kappa shape index (κ1) is 11.8. The lowest BCUT2D eigenvalue weighted by atomic mass is 10.0. The Kier molecular flexibility index (Phi) is 2.78. The Morgan fingerprint density at radius 1 is 1.16 bits per heavy atom. The molecular formula is C15H11F2NO. The molecule has 1 heterocycles. The molecule has 0 atom stereocenters. The van der Waals surface area contributed by atoms with Crippen LogP contribution in [0.2, 0.25) is 0 Å². The molecule has 4 heteroatoms. The fourth-order valence-corrected chi connectivity index (χ4v) is 2.27. The summed E-state index contributed by atoms with van der Waals surface area (Å²) in [6.45, 7) is 0.835. The van der Waals surface area contributed by atoms with Gasteiger partial charge < -0.3 is 5.32 Å². The molecule has 0 radical (unpaired) electrons. The normalized spacial score (nSPS) is 12.9. The number of hydrogen-bond donors (Lipinski definition) is 1. The Bertz CT molecular complexity index is 667. The summed E-state index contributed by atoms with van der Waals surface area (Å²) in [4.78, 5) is 12.2. The summed E-state index contributed by atoms with van der Waals surface area (Å²) in [5.41, 5.74) is 2.15. The lowest BCUT2D eigenvalue weighted by Gasteiger charge is -2.06. The van der Waals surface area contributed by atoms with Gasteiger partial charge in [0, 0.05) is 17.8 Å². The van der Waals surface area contributed by atoms with E-state index in [9.17, 15) is 13.6 Å². The van der Waals surface area contributed by atoms with Crippen molar-refractivity contribution in [3.05, 3.63) is 64.7 Å². The van der Waals surface area contributed by atoms with Crippen molar-refractivity contribution in [3.63, 3.8) is 0 Å². The minimum Gasteiger partial charge on any atom is -0.384 e. The van der Waals surface area contributed by atoms with Crippen LogP contribution in [-0.4, -0.2) is 12.3 Å². The van der Waals surface area contributed by atoms with Crippen molar-refractivity contribution in [1.29, 1.82) is 0 Å². The summed E-state index contributed by atoms with van der Waals surface area (Å²) < 4.78 is 26.7. The molecule has 0 fully saturated rings. The minimum atomic E-state index is -1.10. The molecule has 0 bridgehead atoms. The van der Waals surface area contributed by atoms with Crippen LogP contribution in [0, 0.1) is 11.6 Å². The average Bonchev–Trinajstić information content (AvgIpc) is 2.88. The van der Waals surface area contributed by atoms with Gasteiger partial charge in [-0.25, -0.2) is 8.78 Å². The fraction of sp³-hybridized carbons (Fsp3) is 0.133. The van der Waals surface area contributed by atoms with Crippen LogP contribution in [-0.2, 0) is 6.42 Å². The molecule has 0 aromatic heterocycles. The third-order valence-electron chi connectivity index (χ3n) is 3.28. The maximum atomic E-state index is 13.6. The van der Waals surface area contributed by atoms with Crippen molar-refractivity contribution in [2.24, 2.45) is 0 Å². The first-order valence-electron chi connectivity index (χ1n) is 6.02. The molecule has 1 aliphatic heterocycles. The second kappa shape index (κ2) is 4.46. The predicted molar refractivity (Wildman–Crippen MR) is 68.4 cm³/mol. The second-order valence-electron chi connectivity index (χ2n) is 4.48. The van der Waals surface area contributed by atoms with Crippen molar-refractivity contribution in [2.75, 3.05) is 11.9 Å². The van der Waals surface area contributed by atoms with Crippen LogP contribution in [0.15, 0.2) is 36.4 Å². The Morgan fingerprint density at radius 2 is 2.00 bits per heavy atom. The predicted octanol–water partition coefficient (Wildman–Crippen LogP) is 3.16. The summed E-state index contributed by atoms with van der Waals surface area (Å²) in [6.07, 6.45) is 0.915. The highest BCUT2D eigenvalue weighted by Gasteiger charge is 2.19. The Balaban J connectivity index is 2.02. The van der Waals surface area contributed by atoms with Gasteiger partial charge in [-0.1, -0.05) is 18.2 Å². The van der Waals surface area contributed by atoms with Gasteiger partial charge in [0.15, 0.2) is 17.4 Å². The average molecular weight is 259 g/mol. The summed E-state index contributed by atoms with van der Waals surface area (Å²) >= 11 is 0. The molecule has 0 saturated carbocycles. The van der Waals surface area contributed by atoms with Gasteiger partial charge in [-0.3, -0.25) is 4.79 Å². The minimum absolute atomic E-state index is 0.238. The molecule has 0 spiro atoms. The van der Waals surface area contributed by atoms with Gasteiger partial charge in [0.05, 0.1) is 5.56 Å². The third-order valence-corrected chi connectivity index (χ3v) is 3.28. The number of halogens is 2. The molecule has 0 amide bonds. The molecule has 96 valence electrons. The highest BCUT2D eigenvalue weighted by atomic mass is 19.2. The van der Waals surface area contributed by atoms with E-state index in [-0.39, 0.29) is 5.56 Å². The van der Waals surface area contributed by atoms with Crippen molar-refractivity contribution in [3.8, 4) is 0 Å². The molecule has 2 aromatic rings. The molecule has 0 unspecified atom stereocenters. The highest BCUT2D eigenvalue weighted by molar-refractivity contribution is 6.09. The smallest absolute Gasteiger partial charge is 0.196 e. The summed E-state index contributed by atoms with van der Waals surface area (Å²) in [5.74, 6) is -2.61. The zero-order valence-corrected chi connectivity index (χ0v) is 10.0. The van der Waals surface area contributed by atoms with Crippen LogP contribution in [0.5, 0.6) is 0 Å². The molecule has 0 saturated heterocycles. The van der Waals surface area contributed by atoms with E-state index in [0.29, 0.717) is 5.56 Å². The molecule has 0 aliphatic carbocycles. The van der Waals surface area contributed by atoms with Gasteiger partial charge in [-0.15, -0.1) is 0 Å². The molecule has 1 N–H and O–H groups in total. The largest absolute Gasteiger partial charge is 0.384 e. The number of anilines is 1. The van der Waals surface area contributed by atoms with E-state index < -0.39 is 17.4 Å². The van der Waals surface area contributed by atoms with E-state index >= 15 is 0 Å². The van der Waals surface area contributed by atoms with Crippen molar-refractivity contribution < 1.29 is 13.6 Å². The number of fused-ring (bicyclic) bond motifs is 1. The zero-order chi connectivity index (χ0) is 13.4. The number of rotatable bonds is 2. The summed E-state index contributed by atoms with van der Waals surface area (Å²) in [6, 6.07) is 8.81. The van der Waals surface area contributed by atoms with Gasteiger partial charge in [0.1, 0.15) is 0 Å². The summed E-state index contributed by atoms with van der Waals surface area (Å²) in [7, 11) is 0. The van der Waals surface area contributed by atoms with E-state index in [0.717, 1.165) is 30.3 Å². The van der Waals surface area contributed by atoms with E-state index in [1.807, 2.05) is 6.07 Å². The van der Waals surface area contributed by atoms with Crippen LogP contribution in [0.1, 0.15) is 21.5 Å². The molecule has 19 heavy (non-hydrogen) atoms. The first-order chi connectivity index (χ1) is 9.16. The number of carbonyl (C=O) groups excluding carboxylic acids is 1. The van der Waals surface area contributed by atoms with Crippen molar-refractivity contribution in [1.82, 2.24) is 0 Å². The van der Waals surface area contributed by atoms with Crippen LogP contribution in [0.4, 0.5) is 14.5 Å². The zero-order valence-electron chi connectivity index (χ0n) is 10.0. The summed E-state index contributed by atoms with van der Waals surface area (Å²) in [5, 5.41) is 3.15. The number of carbonyl (C=O) groups is 1. The van der Waals surface area contributed by atoms with Crippen LogP contribution >= 0.6 is 0 Å². The third kappa shape index (κ3) is 1.99. The Hall–Kier alpha value is -2.23. The monoisotopic (exact) mass is 259 g/mol. The fourth-order valence-electron chi connectivity index (χ4n) is 2.27. The van der Waals surface area contributed by atoms with Crippen LogP contribution in [0.3, 0.4) is 0 Å². The molecular weight excluding hydrogens is 248 g/mol. The molecule has 1 aliphatic rings. The molecule has 2 aromatic carbocycles. The topological polar surface area (TPSA) is 29.1 Å². The van der Waals surface area contributed by atoms with E-state index in [1.165, 1.54) is 12.1 Å². The molecule has 2 nitrogen and oxygen atoms in total. The lowest BCUT2D eigenvalue weighted by molar-refractivity contribution is 0.103. The second-order valence-corrected chi connectivity index (χ2v) is 4.48. The maximum absolute atomic E-state index is 13.6. The number of benzene rings is 2. The number of ketones is 1. The quantitative estimate of drug-likeness (QED) is 0.839. The number of hydrogen-bond acceptors (Lipinski definition) is 2. The maximum Gasteiger partial charge on any atom is 0.196 e. The SMILES string of the molecule is O=C(c1ccc2c(c1)NCC2)c1cccc(F)c1F. The van der Waals surface area contributed by atoms with Crippen molar-refractivity contribution in [2.45, 2.75) is 6.42 Å². The first-order valence-corrected chi connectivity index (χ1v) is 6.02. The highest BCUT2D eigenvalue weighted by Crippen LogP contribution is 2.25.